The van der Waals surface area contributed by atoms with E-state index in [2.05, 4.69) is 9.64 Å². The Labute approximate surface area is 93.8 Å². The van der Waals surface area contributed by atoms with Crippen molar-refractivity contribution in [3.63, 3.8) is 0 Å². The highest BCUT2D eigenvalue weighted by Gasteiger charge is 2.11. The summed E-state index contributed by atoms with van der Waals surface area (Å²) in [5.41, 5.74) is 1.08. The van der Waals surface area contributed by atoms with Crippen molar-refractivity contribution in [2.24, 2.45) is 0 Å². The molecule has 0 unspecified atom stereocenters. The van der Waals surface area contributed by atoms with Gasteiger partial charge in [-0.3, -0.25) is 0 Å². The van der Waals surface area contributed by atoms with Gasteiger partial charge in [0.2, 0.25) is 0 Å². The quantitative estimate of drug-likeness (QED) is 0.785. The predicted octanol–water partition coefficient (Wildman–Crippen LogP) is 3.28. The highest BCUT2D eigenvalue weighted by molar-refractivity contribution is 5.49. The van der Waals surface area contributed by atoms with E-state index in [0.717, 1.165) is 18.8 Å². The third-order valence-electron chi connectivity index (χ3n) is 2.78. The molecule has 0 spiro atoms. The number of hydrogen-bond donors (Lipinski definition) is 0. The first-order valence-electron chi connectivity index (χ1n) is 5.55. The Morgan fingerprint density at radius 2 is 1.62 bits per heavy atom. The van der Waals surface area contributed by atoms with E-state index in [1.54, 1.807) is 12.1 Å². The standard InChI is InChI=1S/C12H15F2NO/c13-12(14)16-11-6-4-10(5-7-11)15-8-2-1-3-9-15/h4-7,12H,1-3,8-9H2. The van der Waals surface area contributed by atoms with Crippen LogP contribution in [0.25, 0.3) is 0 Å². The lowest BCUT2D eigenvalue weighted by atomic mass is 10.1. The zero-order chi connectivity index (χ0) is 11.4. The fourth-order valence-corrected chi connectivity index (χ4v) is 1.99. The molecule has 1 heterocycles. The van der Waals surface area contributed by atoms with Crippen LogP contribution in [0.2, 0.25) is 0 Å². The van der Waals surface area contributed by atoms with Gasteiger partial charge in [-0.25, -0.2) is 0 Å². The van der Waals surface area contributed by atoms with Crippen LogP contribution in [0.15, 0.2) is 24.3 Å². The van der Waals surface area contributed by atoms with Crippen molar-refractivity contribution in [1.29, 1.82) is 0 Å². The molecule has 1 aliphatic rings. The molecule has 0 amide bonds. The van der Waals surface area contributed by atoms with Crippen molar-refractivity contribution >= 4 is 5.69 Å². The molecular formula is C12H15F2NO. The van der Waals surface area contributed by atoms with E-state index in [1.165, 1.54) is 19.3 Å². The number of alkyl halides is 2. The van der Waals surface area contributed by atoms with E-state index < -0.39 is 6.61 Å². The first-order valence-corrected chi connectivity index (χ1v) is 5.55. The molecule has 4 heteroatoms. The SMILES string of the molecule is FC(F)Oc1ccc(N2CCCCC2)cc1. The Balaban J connectivity index is 2.00. The Bertz CT molecular complexity index is 320. The second kappa shape index (κ2) is 5.14. The van der Waals surface area contributed by atoms with Crippen molar-refractivity contribution in [2.45, 2.75) is 25.9 Å². The van der Waals surface area contributed by atoms with Crippen molar-refractivity contribution in [3.05, 3.63) is 24.3 Å². The number of nitrogens with zero attached hydrogens (tertiary/aromatic N) is 1. The van der Waals surface area contributed by atoms with Crippen LogP contribution in [0.3, 0.4) is 0 Å². The molecule has 0 aromatic heterocycles. The number of anilines is 1. The lowest BCUT2D eigenvalue weighted by molar-refractivity contribution is -0.0498. The molecule has 1 fully saturated rings. The molecule has 0 bridgehead atoms. The number of piperidine rings is 1. The minimum atomic E-state index is -2.75. The van der Waals surface area contributed by atoms with Gasteiger partial charge in [0.15, 0.2) is 0 Å². The van der Waals surface area contributed by atoms with Crippen molar-refractivity contribution in [1.82, 2.24) is 0 Å². The molecule has 88 valence electrons. The average Bonchev–Trinajstić information content (AvgIpc) is 2.30. The molecule has 2 nitrogen and oxygen atoms in total. The maximum absolute atomic E-state index is 11.9. The normalized spacial score (nSPS) is 16.6. The van der Waals surface area contributed by atoms with E-state index in [1.807, 2.05) is 12.1 Å². The van der Waals surface area contributed by atoms with Crippen LogP contribution in [0, 0.1) is 0 Å². The summed E-state index contributed by atoms with van der Waals surface area (Å²) in [4.78, 5) is 2.27. The fourth-order valence-electron chi connectivity index (χ4n) is 1.99. The number of rotatable bonds is 3. The van der Waals surface area contributed by atoms with Gasteiger partial charge in [0, 0.05) is 18.8 Å². The minimum Gasteiger partial charge on any atom is -0.435 e. The minimum absolute atomic E-state index is 0.218. The van der Waals surface area contributed by atoms with E-state index in [9.17, 15) is 8.78 Å². The van der Waals surface area contributed by atoms with Crippen molar-refractivity contribution < 1.29 is 13.5 Å². The molecule has 2 rings (SSSR count). The van der Waals surface area contributed by atoms with Crippen LogP contribution in [-0.2, 0) is 0 Å². The van der Waals surface area contributed by atoms with Gasteiger partial charge in [-0.2, -0.15) is 8.78 Å². The number of hydrogen-bond acceptors (Lipinski definition) is 2. The van der Waals surface area contributed by atoms with Crippen molar-refractivity contribution in [2.75, 3.05) is 18.0 Å². The molecule has 0 N–H and O–H groups in total. The smallest absolute Gasteiger partial charge is 0.387 e. The molecule has 0 radical (unpaired) electrons. The topological polar surface area (TPSA) is 12.5 Å². The van der Waals surface area contributed by atoms with Gasteiger partial charge >= 0.3 is 6.61 Å². The summed E-state index contributed by atoms with van der Waals surface area (Å²) >= 11 is 0. The van der Waals surface area contributed by atoms with Gasteiger partial charge in [0.25, 0.3) is 0 Å². The van der Waals surface area contributed by atoms with Gasteiger partial charge in [-0.05, 0) is 43.5 Å². The molecule has 1 saturated heterocycles. The summed E-state index contributed by atoms with van der Waals surface area (Å²) in [6, 6.07) is 6.86. The Morgan fingerprint density at radius 1 is 1.00 bits per heavy atom. The van der Waals surface area contributed by atoms with E-state index in [4.69, 9.17) is 0 Å². The highest BCUT2D eigenvalue weighted by Crippen LogP contribution is 2.23. The van der Waals surface area contributed by atoms with Crippen LogP contribution in [0.4, 0.5) is 14.5 Å². The van der Waals surface area contributed by atoms with Crippen molar-refractivity contribution in [3.8, 4) is 5.75 Å². The third kappa shape index (κ3) is 2.84. The molecule has 0 saturated carbocycles. The Hall–Kier alpha value is -1.32. The second-order valence-corrected chi connectivity index (χ2v) is 3.92. The molecule has 0 aliphatic carbocycles. The molecule has 1 aliphatic heterocycles. The predicted molar refractivity (Wildman–Crippen MR) is 59.1 cm³/mol. The maximum Gasteiger partial charge on any atom is 0.387 e. The Morgan fingerprint density at radius 3 is 2.19 bits per heavy atom. The van der Waals surface area contributed by atoms with E-state index in [-0.39, 0.29) is 5.75 Å². The first-order chi connectivity index (χ1) is 7.75. The lowest BCUT2D eigenvalue weighted by Crippen LogP contribution is -2.29. The first kappa shape index (κ1) is 11.2. The summed E-state index contributed by atoms with van der Waals surface area (Å²) in [7, 11) is 0. The lowest BCUT2D eigenvalue weighted by Gasteiger charge is -2.28. The van der Waals surface area contributed by atoms with E-state index in [0.29, 0.717) is 0 Å². The number of halogens is 2. The second-order valence-electron chi connectivity index (χ2n) is 3.92. The van der Waals surface area contributed by atoms with Gasteiger partial charge in [-0.15, -0.1) is 0 Å². The summed E-state index contributed by atoms with van der Waals surface area (Å²) in [6.45, 7) is -0.648. The van der Waals surface area contributed by atoms with Crippen LogP contribution in [0.5, 0.6) is 5.75 Å². The van der Waals surface area contributed by atoms with Gasteiger partial charge in [-0.1, -0.05) is 0 Å². The monoisotopic (exact) mass is 227 g/mol. The average molecular weight is 227 g/mol. The molecular weight excluding hydrogens is 212 g/mol. The summed E-state index contributed by atoms with van der Waals surface area (Å²) in [5.74, 6) is 0.218. The third-order valence-corrected chi connectivity index (χ3v) is 2.78. The van der Waals surface area contributed by atoms with Crippen LogP contribution in [-0.4, -0.2) is 19.7 Å². The van der Waals surface area contributed by atoms with Crippen LogP contribution >= 0.6 is 0 Å². The van der Waals surface area contributed by atoms with Gasteiger partial charge in [0.1, 0.15) is 5.75 Å². The zero-order valence-corrected chi connectivity index (χ0v) is 9.03. The summed E-state index contributed by atoms with van der Waals surface area (Å²) in [5, 5.41) is 0. The largest absolute Gasteiger partial charge is 0.435 e. The zero-order valence-electron chi connectivity index (χ0n) is 9.03. The highest BCUT2D eigenvalue weighted by atomic mass is 19.3. The molecule has 16 heavy (non-hydrogen) atoms. The fraction of sp³-hybridized carbons (Fsp3) is 0.500. The van der Waals surface area contributed by atoms with Crippen LogP contribution in [0.1, 0.15) is 19.3 Å². The number of ether oxygens (including phenoxy) is 1. The molecule has 1 aromatic rings. The molecule has 0 atom stereocenters. The molecule has 1 aromatic carbocycles. The van der Waals surface area contributed by atoms with Gasteiger partial charge < -0.3 is 9.64 Å². The van der Waals surface area contributed by atoms with Crippen LogP contribution < -0.4 is 9.64 Å². The summed E-state index contributed by atoms with van der Waals surface area (Å²) in [6.07, 6.45) is 3.69. The summed E-state index contributed by atoms with van der Waals surface area (Å²) < 4.78 is 28.2. The van der Waals surface area contributed by atoms with E-state index >= 15 is 0 Å². The Kier molecular flexibility index (Phi) is 3.59. The maximum atomic E-state index is 11.9. The number of benzene rings is 1. The van der Waals surface area contributed by atoms with Gasteiger partial charge in [0.05, 0.1) is 0 Å².